The van der Waals surface area contributed by atoms with E-state index in [4.69, 9.17) is 22.4 Å². The van der Waals surface area contributed by atoms with Crippen molar-refractivity contribution in [2.24, 2.45) is 0 Å². The van der Waals surface area contributed by atoms with Crippen molar-refractivity contribution in [2.75, 3.05) is 80.1 Å². The molecule has 0 saturated carbocycles. The second kappa shape index (κ2) is 19.8. The number of benzene rings is 4. The first kappa shape index (κ1) is 43.2. The molecule has 0 atom stereocenters. The Morgan fingerprint density at radius 3 is 1.04 bits per heavy atom. The van der Waals surface area contributed by atoms with Gasteiger partial charge in [-0.1, -0.05) is 60.7 Å². The van der Waals surface area contributed by atoms with E-state index in [0.29, 0.717) is 6.26 Å². The van der Waals surface area contributed by atoms with Gasteiger partial charge in [0, 0.05) is 28.5 Å². The first-order chi connectivity index (χ1) is 24.9. The van der Waals surface area contributed by atoms with E-state index in [1.807, 2.05) is 84.9 Å². The molecule has 0 spiro atoms. The monoisotopic (exact) mass is 770 g/mol. The standard InChI is InChI=1S/2C18H20NO2.CH4O4S.CH4O3S/c2*1-19(11-13-21-14-12-19)17-9-7-16(8-10-17)18(20)15-5-3-2-4-6-15;1-5-6(2,3)4;1-5(2,3)4/h2*2-10H,11-14H2,1H3;1H3,(H,2,3,4);1H3,(H,2,3,4)/q2*+1;;/p-2. The van der Waals surface area contributed by atoms with Gasteiger partial charge in [-0.25, -0.2) is 16.8 Å². The van der Waals surface area contributed by atoms with Gasteiger partial charge in [0.05, 0.1) is 57.8 Å². The van der Waals surface area contributed by atoms with Crippen molar-refractivity contribution in [1.82, 2.24) is 8.97 Å². The van der Waals surface area contributed by atoms with E-state index in [2.05, 4.69) is 42.5 Å². The van der Waals surface area contributed by atoms with E-state index in [-0.39, 0.29) is 11.6 Å². The maximum atomic E-state index is 12.4. The summed E-state index contributed by atoms with van der Waals surface area (Å²) < 4.78 is 70.9. The van der Waals surface area contributed by atoms with Crippen LogP contribution in [-0.4, -0.2) is 118 Å². The summed E-state index contributed by atoms with van der Waals surface area (Å²) in [5.74, 6) is 0.151. The highest BCUT2D eigenvalue weighted by molar-refractivity contribution is 7.84. The molecule has 286 valence electrons. The second-order valence-electron chi connectivity index (χ2n) is 12.7. The van der Waals surface area contributed by atoms with E-state index >= 15 is 0 Å². The zero-order chi connectivity index (χ0) is 39.1. The molecule has 0 amide bonds. The molecule has 2 fully saturated rings. The van der Waals surface area contributed by atoms with Crippen molar-refractivity contribution in [3.63, 3.8) is 0 Å². The summed E-state index contributed by atoms with van der Waals surface area (Å²) in [6.07, 6.45) is 0.604. The zero-order valence-corrected chi connectivity index (χ0v) is 31.9. The Bertz CT molecular complexity index is 1840. The quantitative estimate of drug-likeness (QED) is 0.115. The first-order valence-electron chi connectivity index (χ1n) is 16.6. The number of carbonyl (C=O) groups excluding carboxylic acids is 2. The highest BCUT2D eigenvalue weighted by Gasteiger charge is 2.29. The molecule has 0 aromatic heterocycles. The van der Waals surface area contributed by atoms with Gasteiger partial charge in [-0.15, -0.1) is 0 Å². The van der Waals surface area contributed by atoms with E-state index in [1.54, 1.807) is 0 Å². The fourth-order valence-corrected chi connectivity index (χ4v) is 5.47. The Balaban J connectivity index is 0.000000224. The number of hydrogen-bond acceptors (Lipinski definition) is 11. The van der Waals surface area contributed by atoms with E-state index in [0.717, 1.165) is 90.9 Å². The molecule has 0 bridgehead atoms. The Hall–Kier alpha value is -4.16. The number of quaternary nitrogens is 2. The van der Waals surface area contributed by atoms with Crippen LogP contribution in [0.4, 0.5) is 11.4 Å². The van der Waals surface area contributed by atoms with Crippen molar-refractivity contribution >= 4 is 43.5 Å². The van der Waals surface area contributed by atoms with Crippen LogP contribution in [0.3, 0.4) is 0 Å². The van der Waals surface area contributed by atoms with Crippen molar-refractivity contribution < 1.29 is 49.2 Å². The van der Waals surface area contributed by atoms with Crippen LogP contribution in [0.2, 0.25) is 0 Å². The molecule has 6 rings (SSSR count). The predicted molar refractivity (Wildman–Crippen MR) is 202 cm³/mol. The molecule has 0 aliphatic carbocycles. The lowest BCUT2D eigenvalue weighted by Crippen LogP contribution is -2.53. The maximum absolute atomic E-state index is 12.4. The largest absolute Gasteiger partial charge is 0.748 e. The Kier molecular flexibility index (Phi) is 16.1. The van der Waals surface area contributed by atoms with Crippen LogP contribution in [0.5, 0.6) is 0 Å². The number of ketones is 2. The minimum atomic E-state index is -4.41. The van der Waals surface area contributed by atoms with Crippen LogP contribution in [0.25, 0.3) is 0 Å². The summed E-state index contributed by atoms with van der Waals surface area (Å²) >= 11 is 0. The lowest BCUT2D eigenvalue weighted by Gasteiger charge is -2.37. The third kappa shape index (κ3) is 14.6. The smallest absolute Gasteiger partial charge is 0.217 e. The van der Waals surface area contributed by atoms with Gasteiger partial charge in [0.1, 0.15) is 37.6 Å². The maximum Gasteiger partial charge on any atom is 0.217 e. The Morgan fingerprint density at radius 2 is 0.792 bits per heavy atom. The van der Waals surface area contributed by atoms with Gasteiger partial charge in [-0.3, -0.25) is 22.7 Å². The molecule has 4 aromatic carbocycles. The zero-order valence-electron chi connectivity index (χ0n) is 30.3. The van der Waals surface area contributed by atoms with Gasteiger partial charge in [-0.05, 0) is 48.5 Å². The molecule has 15 heteroatoms. The van der Waals surface area contributed by atoms with E-state index in [9.17, 15) is 22.6 Å². The molecule has 0 N–H and O–H groups in total. The van der Waals surface area contributed by atoms with E-state index < -0.39 is 20.5 Å². The SMILES string of the molecule is COS(=O)(=O)[O-].CS(=O)(=O)[O-].C[N+]1(c2ccc(C(=O)c3ccccc3)cc2)CCOCC1.C[N+]1(c2ccc(C(=O)c3ccccc3)cc2)CCOCC1. The average Bonchev–Trinajstić information content (AvgIpc) is 3.15. The topological polar surface area (TPSA) is 176 Å². The number of rotatable bonds is 7. The van der Waals surface area contributed by atoms with Gasteiger partial charge in [-0.2, -0.15) is 0 Å². The lowest BCUT2D eigenvalue weighted by molar-refractivity contribution is 0.0525. The van der Waals surface area contributed by atoms with Gasteiger partial charge in [0.15, 0.2) is 11.6 Å². The summed E-state index contributed by atoms with van der Waals surface area (Å²) in [6, 6.07) is 34.8. The number of ether oxygens (including phenoxy) is 2. The third-order valence-electron chi connectivity index (χ3n) is 8.70. The predicted octanol–water partition coefficient (Wildman–Crippen LogP) is 4.02. The molecule has 13 nitrogen and oxygen atoms in total. The molecule has 2 saturated heterocycles. The van der Waals surface area contributed by atoms with Crippen molar-refractivity contribution in [1.29, 1.82) is 0 Å². The Morgan fingerprint density at radius 1 is 0.547 bits per heavy atom. The summed E-state index contributed by atoms with van der Waals surface area (Å²) in [6.45, 7) is 7.08. The van der Waals surface area contributed by atoms with E-state index in [1.165, 1.54) is 11.4 Å². The highest BCUT2D eigenvalue weighted by Crippen LogP contribution is 2.25. The number of nitrogens with zero attached hydrogens (tertiary/aromatic N) is 2. The van der Waals surface area contributed by atoms with Crippen LogP contribution in [0.15, 0.2) is 109 Å². The van der Waals surface area contributed by atoms with Crippen LogP contribution in [-0.2, 0) is 34.2 Å². The van der Waals surface area contributed by atoms with Crippen LogP contribution in [0.1, 0.15) is 31.8 Å². The van der Waals surface area contributed by atoms with Crippen LogP contribution < -0.4 is 8.97 Å². The lowest BCUT2D eigenvalue weighted by atomic mass is 10.0. The average molecular weight is 771 g/mol. The molecular formula is C38H46N2O11S2. The number of morpholine rings is 2. The van der Waals surface area contributed by atoms with Crippen molar-refractivity contribution in [2.45, 2.75) is 0 Å². The van der Waals surface area contributed by atoms with Gasteiger partial charge >= 0.3 is 0 Å². The minimum absolute atomic E-state index is 0.0757. The summed E-state index contributed by atoms with van der Waals surface area (Å²) in [7, 11) is -3.08. The highest BCUT2D eigenvalue weighted by atomic mass is 32.3. The number of carbonyl (C=O) groups is 2. The summed E-state index contributed by atoms with van der Waals surface area (Å²) in [5.41, 5.74) is 5.43. The fourth-order valence-electron chi connectivity index (χ4n) is 5.47. The Labute approximate surface area is 312 Å². The third-order valence-corrected chi connectivity index (χ3v) is 9.11. The molecular weight excluding hydrogens is 725 g/mol. The molecule has 2 heterocycles. The minimum Gasteiger partial charge on any atom is -0.748 e. The van der Waals surface area contributed by atoms with Gasteiger partial charge in [0.25, 0.3) is 0 Å². The second-order valence-corrected chi connectivity index (χ2v) is 15.2. The number of hydrogen-bond donors (Lipinski definition) is 0. The summed E-state index contributed by atoms with van der Waals surface area (Å²) in [5, 5.41) is 0. The van der Waals surface area contributed by atoms with Crippen LogP contribution >= 0.6 is 0 Å². The molecule has 2 aliphatic rings. The van der Waals surface area contributed by atoms with Crippen LogP contribution in [0, 0.1) is 0 Å². The normalized spacial score (nSPS) is 16.2. The van der Waals surface area contributed by atoms with Crippen molar-refractivity contribution in [3.05, 3.63) is 131 Å². The molecule has 2 aliphatic heterocycles. The molecule has 4 aromatic rings. The van der Waals surface area contributed by atoms with Gasteiger partial charge in [0.2, 0.25) is 10.4 Å². The first-order valence-corrected chi connectivity index (χ1v) is 19.8. The van der Waals surface area contributed by atoms with Crippen molar-refractivity contribution in [3.8, 4) is 0 Å². The molecule has 0 unspecified atom stereocenters. The molecule has 0 radical (unpaired) electrons. The summed E-state index contributed by atoms with van der Waals surface area (Å²) in [4.78, 5) is 24.8. The number of likely N-dealkylation sites (N-methyl/N-ethyl adjacent to an activating group) is 2. The fraction of sp³-hybridized carbons (Fsp3) is 0.316. The van der Waals surface area contributed by atoms with Gasteiger partial charge < -0.3 is 18.6 Å². The molecule has 53 heavy (non-hydrogen) atoms.